The van der Waals surface area contributed by atoms with Gasteiger partial charge < -0.3 is 4.57 Å². The van der Waals surface area contributed by atoms with Crippen molar-refractivity contribution in [3.8, 4) is 0 Å². The molecule has 1 aromatic carbocycles. The maximum Gasteiger partial charge on any atom is 0.123 e. The molecule has 104 valence electrons. The first-order valence-corrected chi connectivity index (χ1v) is 6.71. The molecule has 0 radical (unpaired) electrons. The number of nitrogens with zero attached hydrogens (tertiary/aromatic N) is 5. The fourth-order valence-electron chi connectivity index (χ4n) is 2.47. The van der Waals surface area contributed by atoms with Crippen LogP contribution in [-0.2, 0) is 27.2 Å². The summed E-state index contributed by atoms with van der Waals surface area (Å²) < 4.78 is 4.07. The van der Waals surface area contributed by atoms with Crippen molar-refractivity contribution in [2.45, 2.75) is 13.1 Å². The van der Waals surface area contributed by atoms with Gasteiger partial charge in [0.1, 0.15) is 5.82 Å². The average molecular weight is 269 g/mol. The van der Waals surface area contributed by atoms with E-state index in [0.717, 1.165) is 24.4 Å². The van der Waals surface area contributed by atoms with Crippen LogP contribution >= 0.6 is 0 Å². The average Bonchev–Trinajstić information content (AvgIpc) is 2.96. The summed E-state index contributed by atoms with van der Waals surface area (Å²) in [6.45, 7) is 1.68. The van der Waals surface area contributed by atoms with Gasteiger partial charge in [0, 0.05) is 26.8 Å². The summed E-state index contributed by atoms with van der Waals surface area (Å²) in [4.78, 5) is 6.95. The third-order valence-corrected chi connectivity index (χ3v) is 3.65. The van der Waals surface area contributed by atoms with Crippen LogP contribution < -0.4 is 0 Å². The Balaban J connectivity index is 1.79. The number of imidazole rings is 1. The Hall–Kier alpha value is -2.14. The zero-order valence-electron chi connectivity index (χ0n) is 12.1. The molecule has 3 rings (SSSR count). The van der Waals surface area contributed by atoms with Crippen LogP contribution in [0.4, 0.5) is 0 Å². The standard InChI is InChI=1S/C15H19N5/c1-18(10-12-8-9-16-20(12)3)11-15-17-13-6-4-5-7-14(13)19(15)2/h4-9H,10-11H2,1-3H3. The van der Waals surface area contributed by atoms with E-state index < -0.39 is 0 Å². The Morgan fingerprint density at radius 3 is 2.60 bits per heavy atom. The van der Waals surface area contributed by atoms with Crippen molar-refractivity contribution in [2.75, 3.05) is 7.05 Å². The number of rotatable bonds is 4. The molecule has 3 aromatic rings. The molecule has 5 nitrogen and oxygen atoms in total. The zero-order chi connectivity index (χ0) is 14.1. The van der Waals surface area contributed by atoms with Crippen LogP contribution in [0.25, 0.3) is 11.0 Å². The van der Waals surface area contributed by atoms with Crippen molar-refractivity contribution in [1.82, 2.24) is 24.2 Å². The molecule has 5 heteroatoms. The molecule has 0 N–H and O–H groups in total. The maximum atomic E-state index is 4.70. The topological polar surface area (TPSA) is 38.9 Å². The summed E-state index contributed by atoms with van der Waals surface area (Å²) in [5, 5.41) is 4.20. The van der Waals surface area contributed by atoms with E-state index in [-0.39, 0.29) is 0 Å². The Kier molecular flexibility index (Phi) is 3.28. The number of hydrogen-bond acceptors (Lipinski definition) is 3. The lowest BCUT2D eigenvalue weighted by Crippen LogP contribution is -2.21. The number of fused-ring (bicyclic) bond motifs is 1. The van der Waals surface area contributed by atoms with Crippen LogP contribution in [0.2, 0.25) is 0 Å². The van der Waals surface area contributed by atoms with Gasteiger partial charge in [-0.3, -0.25) is 9.58 Å². The highest BCUT2D eigenvalue weighted by molar-refractivity contribution is 5.75. The van der Waals surface area contributed by atoms with E-state index in [9.17, 15) is 0 Å². The van der Waals surface area contributed by atoms with E-state index in [1.54, 1.807) is 0 Å². The van der Waals surface area contributed by atoms with E-state index in [4.69, 9.17) is 4.98 Å². The monoisotopic (exact) mass is 269 g/mol. The van der Waals surface area contributed by atoms with Gasteiger partial charge in [-0.1, -0.05) is 12.1 Å². The number of para-hydroxylation sites is 2. The predicted octanol–water partition coefficient (Wildman–Crippen LogP) is 1.94. The Bertz CT molecular complexity index is 725. The van der Waals surface area contributed by atoms with Crippen molar-refractivity contribution < 1.29 is 0 Å². The molecule has 0 unspecified atom stereocenters. The van der Waals surface area contributed by atoms with E-state index in [1.807, 2.05) is 36.1 Å². The first-order chi connectivity index (χ1) is 9.65. The highest BCUT2D eigenvalue weighted by Crippen LogP contribution is 2.15. The largest absolute Gasteiger partial charge is 0.330 e. The lowest BCUT2D eigenvalue weighted by molar-refractivity contribution is 0.299. The van der Waals surface area contributed by atoms with Crippen molar-refractivity contribution in [1.29, 1.82) is 0 Å². The van der Waals surface area contributed by atoms with Crippen LogP contribution in [0, 0.1) is 0 Å². The summed E-state index contributed by atoms with van der Waals surface area (Å²) in [6.07, 6.45) is 1.83. The minimum Gasteiger partial charge on any atom is -0.330 e. The molecule has 20 heavy (non-hydrogen) atoms. The van der Waals surface area contributed by atoms with Gasteiger partial charge in [-0.2, -0.15) is 5.10 Å². The predicted molar refractivity (Wildman–Crippen MR) is 79.1 cm³/mol. The molecule has 0 aliphatic rings. The molecule has 0 aliphatic carbocycles. The van der Waals surface area contributed by atoms with Gasteiger partial charge in [0.05, 0.1) is 23.3 Å². The first kappa shape index (κ1) is 12.9. The molecule has 0 amide bonds. The lowest BCUT2D eigenvalue weighted by Gasteiger charge is -2.16. The molecule has 2 heterocycles. The van der Waals surface area contributed by atoms with Crippen LogP contribution in [0.15, 0.2) is 36.5 Å². The van der Waals surface area contributed by atoms with Crippen molar-refractivity contribution >= 4 is 11.0 Å². The van der Waals surface area contributed by atoms with E-state index in [2.05, 4.69) is 40.8 Å². The quantitative estimate of drug-likeness (QED) is 0.726. The van der Waals surface area contributed by atoms with Crippen molar-refractivity contribution in [3.05, 3.63) is 48.0 Å². The third-order valence-electron chi connectivity index (χ3n) is 3.65. The molecular weight excluding hydrogens is 250 g/mol. The second-order valence-electron chi connectivity index (χ2n) is 5.19. The van der Waals surface area contributed by atoms with Crippen LogP contribution in [0.1, 0.15) is 11.5 Å². The zero-order valence-corrected chi connectivity index (χ0v) is 12.1. The third kappa shape index (κ3) is 2.32. The number of aryl methyl sites for hydroxylation is 2. The van der Waals surface area contributed by atoms with E-state index in [1.165, 1.54) is 11.2 Å². The maximum absolute atomic E-state index is 4.70. The summed E-state index contributed by atoms with van der Waals surface area (Å²) in [7, 11) is 6.15. The Morgan fingerprint density at radius 2 is 1.90 bits per heavy atom. The van der Waals surface area contributed by atoms with Gasteiger partial charge in [-0.05, 0) is 25.2 Å². The Labute approximate surface area is 118 Å². The van der Waals surface area contributed by atoms with Gasteiger partial charge >= 0.3 is 0 Å². The van der Waals surface area contributed by atoms with E-state index >= 15 is 0 Å². The van der Waals surface area contributed by atoms with Crippen LogP contribution in [-0.4, -0.2) is 31.3 Å². The molecule has 0 aliphatic heterocycles. The molecule has 0 spiro atoms. The molecule has 0 fully saturated rings. The van der Waals surface area contributed by atoms with Crippen molar-refractivity contribution in [3.63, 3.8) is 0 Å². The number of benzene rings is 1. The van der Waals surface area contributed by atoms with Crippen molar-refractivity contribution in [2.24, 2.45) is 14.1 Å². The molecule has 0 bridgehead atoms. The Morgan fingerprint density at radius 1 is 1.10 bits per heavy atom. The van der Waals surface area contributed by atoms with Crippen LogP contribution in [0.5, 0.6) is 0 Å². The number of hydrogen-bond donors (Lipinski definition) is 0. The van der Waals surface area contributed by atoms with Gasteiger partial charge in [-0.15, -0.1) is 0 Å². The fraction of sp³-hybridized carbons (Fsp3) is 0.333. The summed E-state index contributed by atoms with van der Waals surface area (Å²) in [6, 6.07) is 10.3. The fourth-order valence-corrected chi connectivity index (χ4v) is 2.47. The normalized spacial score (nSPS) is 11.6. The van der Waals surface area contributed by atoms with Gasteiger partial charge in [0.25, 0.3) is 0 Å². The lowest BCUT2D eigenvalue weighted by atomic mass is 10.3. The molecule has 2 aromatic heterocycles. The number of aromatic nitrogens is 4. The van der Waals surface area contributed by atoms with Crippen LogP contribution in [0.3, 0.4) is 0 Å². The second kappa shape index (κ2) is 5.09. The smallest absolute Gasteiger partial charge is 0.123 e. The molecule has 0 saturated heterocycles. The SMILES string of the molecule is CN(Cc1ccnn1C)Cc1nc2ccccc2n1C. The molecule has 0 saturated carbocycles. The minimum absolute atomic E-state index is 0.816. The second-order valence-corrected chi connectivity index (χ2v) is 5.19. The highest BCUT2D eigenvalue weighted by Gasteiger charge is 2.10. The summed E-state index contributed by atoms with van der Waals surface area (Å²) in [5.41, 5.74) is 3.43. The minimum atomic E-state index is 0.816. The molecular formula is C15H19N5. The van der Waals surface area contributed by atoms with Gasteiger partial charge in [0.2, 0.25) is 0 Å². The highest BCUT2D eigenvalue weighted by atomic mass is 15.3. The van der Waals surface area contributed by atoms with Gasteiger partial charge in [0.15, 0.2) is 0 Å². The molecule has 0 atom stereocenters. The summed E-state index contributed by atoms with van der Waals surface area (Å²) >= 11 is 0. The summed E-state index contributed by atoms with van der Waals surface area (Å²) in [5.74, 6) is 1.08. The van der Waals surface area contributed by atoms with E-state index in [0.29, 0.717) is 0 Å². The van der Waals surface area contributed by atoms with Gasteiger partial charge in [-0.25, -0.2) is 4.98 Å². The first-order valence-electron chi connectivity index (χ1n) is 6.71.